The molecule has 9 heavy (non-hydrogen) atoms. The van der Waals surface area contributed by atoms with Gasteiger partial charge in [0, 0.05) is 19.5 Å². The third-order valence-corrected chi connectivity index (χ3v) is 0.846. The van der Waals surface area contributed by atoms with Crippen LogP contribution in [0.25, 0.3) is 0 Å². The maximum Gasteiger partial charge on any atom is 0.0899 e. The Morgan fingerprint density at radius 3 is 3.33 bits per heavy atom. The highest BCUT2D eigenvalue weighted by atomic mass is 16.5. The summed E-state index contributed by atoms with van der Waals surface area (Å²) in [5.41, 5.74) is 0.574. The topological polar surface area (TPSA) is 35.0 Å². The number of nitrogens with zero attached hydrogens (tertiary/aromatic N) is 2. The van der Waals surface area contributed by atoms with E-state index in [1.165, 1.54) is 6.20 Å². The maximum atomic E-state index is 7.22. The van der Waals surface area contributed by atoms with Gasteiger partial charge in [-0.3, -0.25) is 9.97 Å². The van der Waals surface area contributed by atoms with Gasteiger partial charge in [0.25, 0.3) is 0 Å². The quantitative estimate of drug-likeness (QED) is 0.581. The van der Waals surface area contributed by atoms with Gasteiger partial charge in [0.1, 0.15) is 0 Å². The molecule has 0 fully saturated rings. The third-order valence-electron chi connectivity index (χ3n) is 0.846. The molecule has 0 saturated heterocycles. The molecule has 1 rings (SSSR count). The molecule has 1 heterocycles. The van der Waals surface area contributed by atoms with E-state index in [2.05, 4.69) is 9.97 Å². The Hall–Kier alpha value is -0.960. The Balaban J connectivity index is 2.81. The molecule has 48 valence electrons. The Labute approximate surface area is 55.1 Å². The van der Waals surface area contributed by atoms with Gasteiger partial charge in [-0.1, -0.05) is 0 Å². The van der Waals surface area contributed by atoms with E-state index >= 15 is 0 Å². The van der Waals surface area contributed by atoms with Gasteiger partial charge in [0.05, 0.1) is 19.8 Å². The normalized spacial score (nSPS) is 11.0. The summed E-state index contributed by atoms with van der Waals surface area (Å²) in [4.78, 5) is 7.61. The smallest absolute Gasteiger partial charge is 0.0899 e. The van der Waals surface area contributed by atoms with Gasteiger partial charge in [0.2, 0.25) is 0 Å². The molecule has 0 unspecified atom stereocenters. The van der Waals surface area contributed by atoms with Crippen LogP contribution in [0.5, 0.6) is 0 Å². The largest absolute Gasteiger partial charge is 0.378 e. The van der Waals surface area contributed by atoms with Crippen molar-refractivity contribution in [1.29, 1.82) is 0 Å². The summed E-state index contributed by atoms with van der Waals surface area (Å²) < 4.78 is 12.0. The van der Waals surface area contributed by atoms with Crippen molar-refractivity contribution in [2.75, 3.05) is 7.11 Å². The van der Waals surface area contributed by atoms with Gasteiger partial charge in [-0.15, -0.1) is 0 Å². The first-order chi connectivity index (χ1) is 4.84. The highest BCUT2D eigenvalue weighted by molar-refractivity contribution is 4.91. The molecule has 1 aromatic heterocycles. The zero-order valence-electron chi connectivity index (χ0n) is 6.16. The fraction of sp³-hybridized carbons (Fsp3) is 0.333. The minimum Gasteiger partial charge on any atom is -0.378 e. The summed E-state index contributed by atoms with van der Waals surface area (Å²) in [6.07, 6.45) is 3.22. The lowest BCUT2D eigenvalue weighted by molar-refractivity contribution is 0.181. The molecule has 0 aromatic carbocycles. The molecule has 0 bridgehead atoms. The number of aromatic nitrogens is 2. The molecule has 0 aliphatic carbocycles. The van der Waals surface area contributed by atoms with Crippen LogP contribution >= 0.6 is 0 Å². The minimum absolute atomic E-state index is 0.185. The van der Waals surface area contributed by atoms with E-state index in [0.29, 0.717) is 12.3 Å². The summed E-state index contributed by atoms with van der Waals surface area (Å²) in [6, 6.07) is 0. The molecule has 0 N–H and O–H groups in total. The van der Waals surface area contributed by atoms with Crippen LogP contribution in [0.4, 0.5) is 0 Å². The number of ether oxygens (including phenoxy) is 1. The van der Waals surface area contributed by atoms with Gasteiger partial charge in [-0.2, -0.15) is 0 Å². The fourth-order valence-electron chi connectivity index (χ4n) is 0.504. The summed E-state index contributed by atoms with van der Waals surface area (Å²) in [6.45, 7) is 0.354. The number of hydrogen-bond donors (Lipinski definition) is 0. The van der Waals surface area contributed by atoms with Crippen LogP contribution in [0.15, 0.2) is 18.6 Å². The second-order valence-corrected chi connectivity index (χ2v) is 1.55. The Bertz CT molecular complexity index is 217. The number of methoxy groups -OCH3 is 1. The standard InChI is InChI=1S/C6H8N2O/c1-9-5-6-4-7-2-3-8-6/h2-4H,5H2,1H3/i4D. The average Bonchev–Trinajstić information content (AvgIpc) is 1.94. The molecule has 0 spiro atoms. The zero-order valence-corrected chi connectivity index (χ0v) is 5.16. The van der Waals surface area contributed by atoms with E-state index < -0.39 is 0 Å². The highest BCUT2D eigenvalue weighted by Crippen LogP contribution is 1.89. The monoisotopic (exact) mass is 125 g/mol. The van der Waals surface area contributed by atoms with Gasteiger partial charge in [-0.05, 0) is 0 Å². The number of rotatable bonds is 2. The van der Waals surface area contributed by atoms with E-state index in [0.717, 1.165) is 0 Å². The van der Waals surface area contributed by atoms with E-state index in [1.54, 1.807) is 13.3 Å². The van der Waals surface area contributed by atoms with Crippen molar-refractivity contribution in [2.45, 2.75) is 6.61 Å². The lowest BCUT2D eigenvalue weighted by Crippen LogP contribution is -1.90. The predicted molar refractivity (Wildman–Crippen MR) is 32.7 cm³/mol. The van der Waals surface area contributed by atoms with E-state index in [1.807, 2.05) is 0 Å². The first-order valence-corrected chi connectivity index (χ1v) is 2.60. The molecule has 0 saturated carbocycles. The molecule has 0 radical (unpaired) electrons. The molecule has 3 nitrogen and oxygen atoms in total. The lowest BCUT2D eigenvalue weighted by Gasteiger charge is -1.93. The SMILES string of the molecule is [2H]c1nccnc1COC. The Kier molecular flexibility index (Phi) is 1.70. The van der Waals surface area contributed by atoms with Gasteiger partial charge >= 0.3 is 0 Å². The molecule has 0 atom stereocenters. The van der Waals surface area contributed by atoms with Crippen LogP contribution in [0.3, 0.4) is 0 Å². The van der Waals surface area contributed by atoms with E-state index in [9.17, 15) is 0 Å². The van der Waals surface area contributed by atoms with Crippen molar-refractivity contribution in [3.8, 4) is 0 Å². The predicted octanol–water partition coefficient (Wildman–Crippen LogP) is 0.623. The zero-order chi connectivity index (χ0) is 7.40. The average molecular weight is 125 g/mol. The lowest BCUT2D eigenvalue weighted by atomic mass is 10.5. The maximum absolute atomic E-state index is 7.22. The van der Waals surface area contributed by atoms with Crippen LogP contribution in [-0.4, -0.2) is 17.1 Å². The van der Waals surface area contributed by atoms with Gasteiger partial charge in [0.15, 0.2) is 0 Å². The number of hydrogen-bond acceptors (Lipinski definition) is 3. The van der Waals surface area contributed by atoms with Crippen LogP contribution in [0.2, 0.25) is 0 Å². The van der Waals surface area contributed by atoms with Gasteiger partial charge in [-0.25, -0.2) is 0 Å². The Morgan fingerprint density at radius 1 is 1.78 bits per heavy atom. The van der Waals surface area contributed by atoms with Crippen molar-refractivity contribution in [1.82, 2.24) is 9.97 Å². The minimum atomic E-state index is 0.185. The molecule has 0 aliphatic heterocycles. The third kappa shape index (κ3) is 1.77. The summed E-state index contributed by atoms with van der Waals surface area (Å²) >= 11 is 0. The molecule has 0 amide bonds. The van der Waals surface area contributed by atoms with Crippen LogP contribution in [0.1, 0.15) is 7.06 Å². The Morgan fingerprint density at radius 2 is 2.67 bits per heavy atom. The van der Waals surface area contributed by atoms with E-state index in [-0.39, 0.29) is 6.17 Å². The van der Waals surface area contributed by atoms with Crippen LogP contribution in [0, 0.1) is 0 Å². The molecule has 3 heteroatoms. The highest BCUT2D eigenvalue weighted by Gasteiger charge is 1.87. The van der Waals surface area contributed by atoms with Crippen molar-refractivity contribution in [3.05, 3.63) is 24.3 Å². The van der Waals surface area contributed by atoms with Crippen molar-refractivity contribution >= 4 is 0 Å². The van der Waals surface area contributed by atoms with Crippen LogP contribution < -0.4 is 0 Å². The summed E-state index contributed by atoms with van der Waals surface area (Å²) in [7, 11) is 1.56. The first kappa shape index (κ1) is 4.88. The summed E-state index contributed by atoms with van der Waals surface area (Å²) in [5, 5.41) is 0. The summed E-state index contributed by atoms with van der Waals surface area (Å²) in [5.74, 6) is 0. The second kappa shape index (κ2) is 3.14. The van der Waals surface area contributed by atoms with Crippen molar-refractivity contribution in [3.63, 3.8) is 0 Å². The molecule has 1 aromatic rings. The van der Waals surface area contributed by atoms with Crippen molar-refractivity contribution < 1.29 is 6.11 Å². The molecular formula is C6H8N2O. The second-order valence-electron chi connectivity index (χ2n) is 1.55. The van der Waals surface area contributed by atoms with Crippen LogP contribution in [-0.2, 0) is 11.3 Å². The van der Waals surface area contributed by atoms with Crippen molar-refractivity contribution in [2.24, 2.45) is 0 Å². The molecular weight excluding hydrogens is 116 g/mol. The molecule has 0 aliphatic rings. The van der Waals surface area contributed by atoms with E-state index in [4.69, 9.17) is 6.11 Å². The van der Waals surface area contributed by atoms with Gasteiger partial charge < -0.3 is 4.74 Å². The fourth-order valence-corrected chi connectivity index (χ4v) is 0.504. The first-order valence-electron chi connectivity index (χ1n) is 3.10.